The molecule has 0 aliphatic carbocycles. The Bertz CT molecular complexity index is 437. The third-order valence-electron chi connectivity index (χ3n) is 2.82. The topological polar surface area (TPSA) is 53.5 Å². The van der Waals surface area contributed by atoms with Crippen LogP contribution in [0.4, 0.5) is 5.69 Å². The smallest absolute Gasteiger partial charge is 0.224 e. The van der Waals surface area contributed by atoms with Gasteiger partial charge in [0.25, 0.3) is 0 Å². The molecule has 96 valence electrons. The number of amidine groups is 1. The minimum absolute atomic E-state index is 0.0679. The van der Waals surface area contributed by atoms with E-state index in [1.165, 1.54) is 0 Å². The molecule has 18 heavy (non-hydrogen) atoms. The van der Waals surface area contributed by atoms with Crippen molar-refractivity contribution in [2.75, 3.05) is 18.4 Å². The van der Waals surface area contributed by atoms with Crippen LogP contribution in [0.15, 0.2) is 29.3 Å². The summed E-state index contributed by atoms with van der Waals surface area (Å²) in [5.41, 5.74) is 1.91. The van der Waals surface area contributed by atoms with Gasteiger partial charge in [-0.2, -0.15) is 0 Å². The molecular formula is C14H19N3O. The highest BCUT2D eigenvalue weighted by molar-refractivity contribution is 5.99. The Morgan fingerprint density at radius 2 is 2.17 bits per heavy atom. The summed E-state index contributed by atoms with van der Waals surface area (Å²) in [7, 11) is 0. The SMILES string of the molecule is CCCC(=O)Nc1ccc(C2=NCCCN2)cc1. The van der Waals surface area contributed by atoms with Gasteiger partial charge >= 0.3 is 0 Å². The molecule has 1 aliphatic rings. The zero-order chi connectivity index (χ0) is 12.8. The van der Waals surface area contributed by atoms with Crippen LogP contribution in [0, 0.1) is 0 Å². The summed E-state index contributed by atoms with van der Waals surface area (Å²) in [5, 5.41) is 6.15. The Morgan fingerprint density at radius 3 is 2.78 bits per heavy atom. The first kappa shape index (κ1) is 12.6. The molecule has 0 saturated heterocycles. The van der Waals surface area contributed by atoms with Gasteiger partial charge in [0, 0.05) is 30.8 Å². The van der Waals surface area contributed by atoms with E-state index in [0.29, 0.717) is 6.42 Å². The fourth-order valence-electron chi connectivity index (χ4n) is 1.89. The zero-order valence-electron chi connectivity index (χ0n) is 10.7. The number of nitrogens with zero attached hydrogens (tertiary/aromatic N) is 1. The molecule has 0 aromatic heterocycles. The van der Waals surface area contributed by atoms with Crippen molar-refractivity contribution < 1.29 is 4.79 Å². The van der Waals surface area contributed by atoms with Crippen molar-refractivity contribution in [3.8, 4) is 0 Å². The number of carbonyl (C=O) groups is 1. The summed E-state index contributed by atoms with van der Waals surface area (Å²) < 4.78 is 0. The van der Waals surface area contributed by atoms with Gasteiger partial charge in [0.2, 0.25) is 5.91 Å². The second-order valence-corrected chi connectivity index (χ2v) is 4.39. The molecular weight excluding hydrogens is 226 g/mol. The standard InChI is InChI=1S/C14H19N3O/c1-2-4-13(18)17-12-7-5-11(6-8-12)14-15-9-3-10-16-14/h5-8H,2-4,9-10H2,1H3,(H,15,16)(H,17,18). The van der Waals surface area contributed by atoms with Gasteiger partial charge in [0.15, 0.2) is 0 Å². The summed E-state index contributed by atoms with van der Waals surface area (Å²) in [6.07, 6.45) is 2.52. The number of amides is 1. The molecule has 1 aliphatic heterocycles. The molecule has 1 amide bonds. The van der Waals surface area contributed by atoms with Gasteiger partial charge in [-0.3, -0.25) is 9.79 Å². The molecule has 0 unspecified atom stereocenters. The number of hydrogen-bond acceptors (Lipinski definition) is 3. The van der Waals surface area contributed by atoms with Gasteiger partial charge in [-0.25, -0.2) is 0 Å². The predicted octanol–water partition coefficient (Wildman–Crippen LogP) is 2.17. The van der Waals surface area contributed by atoms with E-state index in [-0.39, 0.29) is 5.91 Å². The Balaban J connectivity index is 2.01. The van der Waals surface area contributed by atoms with Crippen molar-refractivity contribution >= 4 is 17.4 Å². The fraction of sp³-hybridized carbons (Fsp3) is 0.429. The first-order chi connectivity index (χ1) is 8.79. The molecule has 0 spiro atoms. The Kier molecular flexibility index (Phi) is 4.34. The third kappa shape index (κ3) is 3.32. The second-order valence-electron chi connectivity index (χ2n) is 4.39. The number of anilines is 1. The maximum Gasteiger partial charge on any atom is 0.224 e. The summed E-state index contributed by atoms with van der Waals surface area (Å²) in [6.45, 7) is 3.86. The summed E-state index contributed by atoms with van der Waals surface area (Å²) in [5.74, 6) is 1.02. The lowest BCUT2D eigenvalue weighted by molar-refractivity contribution is -0.116. The van der Waals surface area contributed by atoms with E-state index >= 15 is 0 Å². The first-order valence-electron chi connectivity index (χ1n) is 6.48. The zero-order valence-corrected chi connectivity index (χ0v) is 10.7. The number of rotatable bonds is 4. The summed E-state index contributed by atoms with van der Waals surface area (Å²) in [4.78, 5) is 15.9. The molecule has 0 atom stereocenters. The molecule has 0 bridgehead atoms. The lowest BCUT2D eigenvalue weighted by Gasteiger charge is -2.15. The highest BCUT2D eigenvalue weighted by Gasteiger charge is 2.07. The van der Waals surface area contributed by atoms with Crippen LogP contribution in [-0.4, -0.2) is 24.8 Å². The molecule has 2 N–H and O–H groups in total. The van der Waals surface area contributed by atoms with Crippen LogP contribution in [0.1, 0.15) is 31.7 Å². The quantitative estimate of drug-likeness (QED) is 0.854. The minimum atomic E-state index is 0.0679. The predicted molar refractivity (Wildman–Crippen MR) is 74.0 cm³/mol. The van der Waals surface area contributed by atoms with Crippen LogP contribution in [0.25, 0.3) is 0 Å². The Morgan fingerprint density at radius 1 is 1.39 bits per heavy atom. The van der Waals surface area contributed by atoms with Crippen LogP contribution in [0.3, 0.4) is 0 Å². The van der Waals surface area contributed by atoms with Crippen LogP contribution in [0.2, 0.25) is 0 Å². The lowest BCUT2D eigenvalue weighted by Crippen LogP contribution is -2.30. The van der Waals surface area contributed by atoms with Gasteiger partial charge in [-0.1, -0.05) is 6.92 Å². The lowest BCUT2D eigenvalue weighted by atomic mass is 10.1. The number of benzene rings is 1. The van der Waals surface area contributed by atoms with Crippen molar-refractivity contribution in [2.45, 2.75) is 26.2 Å². The van der Waals surface area contributed by atoms with Crippen LogP contribution < -0.4 is 10.6 Å². The number of carbonyl (C=O) groups excluding carboxylic acids is 1. The van der Waals surface area contributed by atoms with E-state index in [0.717, 1.165) is 43.0 Å². The normalized spacial score (nSPS) is 14.6. The van der Waals surface area contributed by atoms with Crippen LogP contribution >= 0.6 is 0 Å². The largest absolute Gasteiger partial charge is 0.370 e. The Labute approximate surface area is 108 Å². The molecule has 0 saturated carbocycles. The first-order valence-corrected chi connectivity index (χ1v) is 6.48. The highest BCUT2D eigenvalue weighted by Crippen LogP contribution is 2.11. The maximum atomic E-state index is 11.5. The van der Waals surface area contributed by atoms with Crippen molar-refractivity contribution in [1.82, 2.24) is 5.32 Å². The third-order valence-corrected chi connectivity index (χ3v) is 2.82. The average Bonchev–Trinajstić information content (AvgIpc) is 2.41. The molecule has 4 nitrogen and oxygen atoms in total. The van der Waals surface area contributed by atoms with Crippen LogP contribution in [0.5, 0.6) is 0 Å². The molecule has 0 radical (unpaired) electrons. The van der Waals surface area contributed by atoms with Gasteiger partial charge in [0.1, 0.15) is 5.84 Å². The van der Waals surface area contributed by atoms with E-state index in [1.54, 1.807) is 0 Å². The molecule has 4 heteroatoms. The van der Waals surface area contributed by atoms with E-state index in [9.17, 15) is 4.79 Å². The Hall–Kier alpha value is -1.84. The number of nitrogens with one attached hydrogen (secondary N) is 2. The molecule has 2 rings (SSSR count). The maximum absolute atomic E-state index is 11.5. The van der Waals surface area contributed by atoms with Gasteiger partial charge in [-0.15, -0.1) is 0 Å². The van der Waals surface area contributed by atoms with Crippen molar-refractivity contribution in [2.24, 2.45) is 4.99 Å². The number of aliphatic imine (C=N–C) groups is 1. The fourth-order valence-corrected chi connectivity index (χ4v) is 1.89. The van der Waals surface area contributed by atoms with E-state index in [1.807, 2.05) is 31.2 Å². The molecule has 1 heterocycles. The van der Waals surface area contributed by atoms with Crippen LogP contribution in [-0.2, 0) is 4.79 Å². The monoisotopic (exact) mass is 245 g/mol. The van der Waals surface area contributed by atoms with E-state index in [4.69, 9.17) is 0 Å². The van der Waals surface area contributed by atoms with E-state index < -0.39 is 0 Å². The van der Waals surface area contributed by atoms with Gasteiger partial charge in [-0.05, 0) is 37.1 Å². The van der Waals surface area contributed by atoms with Crippen molar-refractivity contribution in [1.29, 1.82) is 0 Å². The second kappa shape index (κ2) is 6.19. The highest BCUT2D eigenvalue weighted by atomic mass is 16.1. The molecule has 1 aromatic carbocycles. The minimum Gasteiger partial charge on any atom is -0.370 e. The number of hydrogen-bond donors (Lipinski definition) is 2. The van der Waals surface area contributed by atoms with E-state index in [2.05, 4.69) is 15.6 Å². The van der Waals surface area contributed by atoms with Crippen molar-refractivity contribution in [3.63, 3.8) is 0 Å². The van der Waals surface area contributed by atoms with Gasteiger partial charge < -0.3 is 10.6 Å². The average molecular weight is 245 g/mol. The van der Waals surface area contributed by atoms with Crippen molar-refractivity contribution in [3.05, 3.63) is 29.8 Å². The summed E-state index contributed by atoms with van der Waals surface area (Å²) >= 11 is 0. The molecule has 0 fully saturated rings. The molecule has 1 aromatic rings. The summed E-state index contributed by atoms with van der Waals surface area (Å²) in [6, 6.07) is 7.81. The van der Waals surface area contributed by atoms with Gasteiger partial charge in [0.05, 0.1) is 0 Å².